The molecular weight excluding hydrogens is 312 g/mol. The van der Waals surface area contributed by atoms with Gasteiger partial charge in [0.25, 0.3) is 10.0 Å². The zero-order valence-electron chi connectivity index (χ0n) is 12.7. The third-order valence-corrected chi connectivity index (χ3v) is 4.99. The zero-order valence-corrected chi connectivity index (χ0v) is 14.4. The Morgan fingerprint density at radius 2 is 2.19 bits per heavy atom. The maximum Gasteiger partial charge on any atom is 0.274 e. The molecule has 0 fully saturated rings. The number of ether oxygens (including phenoxy) is 1. The van der Waals surface area contributed by atoms with Crippen LogP contribution >= 0.6 is 11.8 Å². The monoisotopic (exact) mass is 336 g/mol. The van der Waals surface area contributed by atoms with Gasteiger partial charge in [0.05, 0.1) is 13.2 Å². The molecule has 21 heavy (non-hydrogen) atoms. The molecule has 0 saturated carbocycles. The van der Waals surface area contributed by atoms with Gasteiger partial charge in [0.1, 0.15) is 5.76 Å². The molecular formula is C13H24N2O4S2. The lowest BCUT2D eigenvalue weighted by atomic mass is 10.3. The van der Waals surface area contributed by atoms with E-state index in [9.17, 15) is 8.42 Å². The summed E-state index contributed by atoms with van der Waals surface area (Å²) in [5.41, 5.74) is 0. The Hall–Kier alpha value is -0.540. The molecule has 1 aromatic heterocycles. The summed E-state index contributed by atoms with van der Waals surface area (Å²) < 4.78 is 37.4. The molecule has 1 heterocycles. The first-order chi connectivity index (χ1) is 10.0. The molecule has 122 valence electrons. The van der Waals surface area contributed by atoms with Crippen LogP contribution in [0.3, 0.4) is 0 Å². The lowest BCUT2D eigenvalue weighted by molar-refractivity contribution is 0.198. The molecule has 0 bridgehead atoms. The lowest BCUT2D eigenvalue weighted by Gasteiger charge is -2.14. The Morgan fingerprint density at radius 1 is 1.43 bits per heavy atom. The normalized spacial score (nSPS) is 13.5. The highest BCUT2D eigenvalue weighted by molar-refractivity contribution is 7.98. The number of furan rings is 1. The van der Waals surface area contributed by atoms with Gasteiger partial charge in [-0.25, -0.2) is 13.1 Å². The molecule has 1 aromatic rings. The number of nitrogens with one attached hydrogen (secondary N) is 2. The Morgan fingerprint density at radius 3 is 2.81 bits per heavy atom. The topological polar surface area (TPSA) is 80.6 Å². The van der Waals surface area contributed by atoms with Crippen molar-refractivity contribution in [2.45, 2.75) is 31.0 Å². The van der Waals surface area contributed by atoms with Crippen LogP contribution in [0.5, 0.6) is 0 Å². The molecule has 0 aromatic carbocycles. The van der Waals surface area contributed by atoms with E-state index in [2.05, 4.69) is 10.0 Å². The number of hydrogen-bond donors (Lipinski definition) is 2. The summed E-state index contributed by atoms with van der Waals surface area (Å²) >= 11 is 1.61. The van der Waals surface area contributed by atoms with E-state index in [1.54, 1.807) is 24.9 Å². The van der Waals surface area contributed by atoms with Gasteiger partial charge in [-0.3, -0.25) is 0 Å². The minimum atomic E-state index is -3.59. The van der Waals surface area contributed by atoms with Crippen molar-refractivity contribution in [3.05, 3.63) is 17.9 Å². The third kappa shape index (κ3) is 6.39. The molecule has 1 rings (SSSR count). The maximum absolute atomic E-state index is 12.2. The minimum absolute atomic E-state index is 0.0365. The summed E-state index contributed by atoms with van der Waals surface area (Å²) in [4.78, 5) is 0. The molecule has 0 spiro atoms. The van der Waals surface area contributed by atoms with Crippen LogP contribution in [0.1, 0.15) is 19.1 Å². The van der Waals surface area contributed by atoms with Crippen LogP contribution in [0.25, 0.3) is 0 Å². The maximum atomic E-state index is 12.2. The summed E-state index contributed by atoms with van der Waals surface area (Å²) in [5.74, 6) is 1.33. The van der Waals surface area contributed by atoms with Crippen LogP contribution in [0.2, 0.25) is 0 Å². The van der Waals surface area contributed by atoms with Gasteiger partial charge in [0, 0.05) is 25.4 Å². The molecule has 8 heteroatoms. The van der Waals surface area contributed by atoms with E-state index in [0.717, 1.165) is 12.2 Å². The fourth-order valence-corrected chi connectivity index (χ4v) is 3.79. The first-order valence-corrected chi connectivity index (χ1v) is 9.70. The Labute approximate surface area is 131 Å². The molecule has 1 atom stereocenters. The molecule has 0 aliphatic carbocycles. The van der Waals surface area contributed by atoms with E-state index in [-0.39, 0.29) is 11.1 Å². The second-order valence-electron chi connectivity index (χ2n) is 4.57. The van der Waals surface area contributed by atoms with Crippen LogP contribution < -0.4 is 10.0 Å². The van der Waals surface area contributed by atoms with Gasteiger partial charge in [-0.15, -0.1) is 0 Å². The predicted molar refractivity (Wildman–Crippen MR) is 85.1 cm³/mol. The fourth-order valence-electron chi connectivity index (χ4n) is 1.70. The van der Waals surface area contributed by atoms with E-state index < -0.39 is 10.0 Å². The second kappa shape index (κ2) is 9.47. The van der Waals surface area contributed by atoms with Crippen LogP contribution in [0.4, 0.5) is 0 Å². The average molecular weight is 336 g/mol. The van der Waals surface area contributed by atoms with E-state index in [1.807, 2.05) is 13.2 Å². The summed E-state index contributed by atoms with van der Waals surface area (Å²) in [6.07, 6.45) is 2.69. The number of hydrogen-bond acceptors (Lipinski definition) is 6. The number of sulfonamides is 1. The van der Waals surface area contributed by atoms with Crippen LogP contribution in [0, 0.1) is 0 Å². The minimum Gasteiger partial charge on any atom is -0.447 e. The van der Waals surface area contributed by atoms with Crippen molar-refractivity contribution < 1.29 is 17.6 Å². The highest BCUT2D eigenvalue weighted by Gasteiger charge is 2.22. The number of methoxy groups -OCH3 is 1. The van der Waals surface area contributed by atoms with Gasteiger partial charge >= 0.3 is 0 Å². The SMILES string of the molecule is CCC(CSC)NS(=O)(=O)c1ccc(CNCCOC)o1. The highest BCUT2D eigenvalue weighted by Crippen LogP contribution is 2.15. The molecule has 2 N–H and O–H groups in total. The van der Waals surface area contributed by atoms with Gasteiger partial charge in [0.15, 0.2) is 0 Å². The van der Waals surface area contributed by atoms with Gasteiger partial charge in [-0.05, 0) is 24.8 Å². The van der Waals surface area contributed by atoms with Gasteiger partial charge in [-0.2, -0.15) is 11.8 Å². The van der Waals surface area contributed by atoms with Crippen LogP contribution in [-0.2, 0) is 21.3 Å². The smallest absolute Gasteiger partial charge is 0.274 e. The standard InChI is InChI=1S/C13H24N2O4S2/c1-4-11(10-20-3)15-21(16,17)13-6-5-12(19-13)9-14-7-8-18-2/h5-6,11,14-15H,4,7-10H2,1-3H3. The van der Waals surface area contributed by atoms with Crippen molar-refractivity contribution in [3.63, 3.8) is 0 Å². The molecule has 0 aliphatic heterocycles. The molecule has 1 unspecified atom stereocenters. The van der Waals surface area contributed by atoms with Gasteiger partial charge in [-0.1, -0.05) is 6.92 Å². The molecule has 0 radical (unpaired) electrons. The van der Waals surface area contributed by atoms with Crippen molar-refractivity contribution in [1.29, 1.82) is 0 Å². The number of rotatable bonds is 11. The van der Waals surface area contributed by atoms with E-state index in [4.69, 9.17) is 9.15 Å². The van der Waals surface area contributed by atoms with Crippen molar-refractivity contribution in [2.24, 2.45) is 0 Å². The van der Waals surface area contributed by atoms with Crippen molar-refractivity contribution in [3.8, 4) is 0 Å². The van der Waals surface area contributed by atoms with Crippen LogP contribution in [0.15, 0.2) is 21.6 Å². The lowest BCUT2D eigenvalue weighted by Crippen LogP contribution is -2.35. The predicted octanol–water partition coefficient (Wildman–Crippen LogP) is 1.44. The molecule has 0 aliphatic rings. The average Bonchev–Trinajstić information content (AvgIpc) is 2.92. The molecule has 0 saturated heterocycles. The summed E-state index contributed by atoms with van der Waals surface area (Å²) in [7, 11) is -1.96. The third-order valence-electron chi connectivity index (χ3n) is 2.87. The van der Waals surface area contributed by atoms with Crippen molar-refractivity contribution in [2.75, 3.05) is 32.3 Å². The quantitative estimate of drug-likeness (QED) is 0.595. The number of thioether (sulfide) groups is 1. The highest BCUT2D eigenvalue weighted by atomic mass is 32.2. The first-order valence-electron chi connectivity index (χ1n) is 6.83. The Kier molecular flexibility index (Phi) is 8.35. The van der Waals surface area contributed by atoms with Crippen LogP contribution in [-0.4, -0.2) is 46.7 Å². The van der Waals surface area contributed by atoms with E-state index in [0.29, 0.717) is 25.5 Å². The summed E-state index contributed by atoms with van der Waals surface area (Å²) in [6.45, 7) is 3.71. The zero-order chi connectivity index (χ0) is 15.7. The second-order valence-corrected chi connectivity index (χ2v) is 7.13. The fraction of sp³-hybridized carbons (Fsp3) is 0.692. The van der Waals surface area contributed by atoms with E-state index >= 15 is 0 Å². The largest absolute Gasteiger partial charge is 0.447 e. The Bertz CT molecular complexity index is 502. The Balaban J connectivity index is 2.61. The van der Waals surface area contributed by atoms with Gasteiger partial charge < -0.3 is 14.5 Å². The first kappa shape index (κ1) is 18.5. The summed E-state index contributed by atoms with van der Waals surface area (Å²) in [5, 5.41) is 3.07. The molecule has 6 nitrogen and oxygen atoms in total. The molecule has 0 amide bonds. The van der Waals surface area contributed by atoms with E-state index in [1.165, 1.54) is 6.07 Å². The van der Waals surface area contributed by atoms with Crippen molar-refractivity contribution >= 4 is 21.8 Å². The summed E-state index contributed by atoms with van der Waals surface area (Å²) in [6, 6.07) is 3.07. The van der Waals surface area contributed by atoms with Gasteiger partial charge in [0.2, 0.25) is 5.09 Å². The van der Waals surface area contributed by atoms with Crippen molar-refractivity contribution in [1.82, 2.24) is 10.0 Å².